The second-order valence-electron chi connectivity index (χ2n) is 10.3. The molecular formula is C30H33N5. The highest BCUT2D eigenvalue weighted by Gasteiger charge is 2.24. The predicted octanol–water partition coefficient (Wildman–Crippen LogP) is 7.57. The molecule has 0 aliphatic heterocycles. The van der Waals surface area contributed by atoms with Crippen molar-refractivity contribution in [3.05, 3.63) is 65.2 Å². The van der Waals surface area contributed by atoms with Gasteiger partial charge >= 0.3 is 0 Å². The molecule has 6 rings (SSSR count). The minimum atomic E-state index is 0.421. The number of nitrogens with zero attached hydrogens (tertiary/aromatic N) is 5. The van der Waals surface area contributed by atoms with E-state index < -0.39 is 0 Å². The van der Waals surface area contributed by atoms with Gasteiger partial charge in [0.1, 0.15) is 5.82 Å². The van der Waals surface area contributed by atoms with Gasteiger partial charge in [0.05, 0.1) is 33.1 Å². The van der Waals surface area contributed by atoms with Crippen molar-refractivity contribution in [2.75, 3.05) is 0 Å². The number of benzene rings is 3. The summed E-state index contributed by atoms with van der Waals surface area (Å²) in [5.74, 6) is 2.89. The zero-order valence-corrected chi connectivity index (χ0v) is 21.7. The van der Waals surface area contributed by atoms with Crippen LogP contribution in [0.25, 0.3) is 50.3 Å². The lowest BCUT2D eigenvalue weighted by molar-refractivity contribution is 0.806. The highest BCUT2D eigenvalue weighted by molar-refractivity contribution is 6.01. The molecule has 0 bridgehead atoms. The van der Waals surface area contributed by atoms with E-state index in [1.165, 1.54) is 38.8 Å². The lowest BCUT2D eigenvalue weighted by Crippen LogP contribution is -2.04. The fourth-order valence-electron chi connectivity index (χ4n) is 5.94. The number of hydrogen-bond donors (Lipinski definition) is 0. The third-order valence-corrected chi connectivity index (χ3v) is 7.56. The average Bonchev–Trinajstić information content (AvgIpc) is 3.47. The van der Waals surface area contributed by atoms with Gasteiger partial charge in [0.2, 0.25) is 5.78 Å². The van der Waals surface area contributed by atoms with Gasteiger partial charge in [-0.05, 0) is 55.0 Å². The minimum absolute atomic E-state index is 0.421. The van der Waals surface area contributed by atoms with Crippen LogP contribution in [0.1, 0.15) is 63.1 Å². The van der Waals surface area contributed by atoms with Gasteiger partial charge < -0.3 is 9.13 Å². The second-order valence-corrected chi connectivity index (χ2v) is 10.3. The van der Waals surface area contributed by atoms with Gasteiger partial charge in [-0.25, -0.2) is 9.97 Å². The fraction of sp³-hybridized carbons (Fsp3) is 0.333. The van der Waals surface area contributed by atoms with Gasteiger partial charge in [0, 0.05) is 24.7 Å². The maximum Gasteiger partial charge on any atom is 0.215 e. The molecule has 0 aliphatic carbocycles. The minimum Gasteiger partial charge on any atom is -0.327 e. The molecule has 3 heterocycles. The Hall–Kier alpha value is -3.60. The van der Waals surface area contributed by atoms with Crippen molar-refractivity contribution >= 4 is 38.9 Å². The first-order chi connectivity index (χ1) is 16.8. The Morgan fingerprint density at radius 2 is 1.49 bits per heavy atom. The van der Waals surface area contributed by atoms with Gasteiger partial charge in [-0.15, -0.1) is 0 Å². The van der Waals surface area contributed by atoms with E-state index in [1.807, 2.05) is 0 Å². The number of para-hydroxylation sites is 2. The van der Waals surface area contributed by atoms with Gasteiger partial charge in [-0.1, -0.05) is 58.0 Å². The van der Waals surface area contributed by atoms with E-state index in [4.69, 9.17) is 9.97 Å². The van der Waals surface area contributed by atoms with Crippen molar-refractivity contribution in [3.8, 4) is 11.4 Å². The molecular weight excluding hydrogens is 430 g/mol. The molecule has 0 atom stereocenters. The number of rotatable bonds is 4. The van der Waals surface area contributed by atoms with Crippen molar-refractivity contribution in [1.29, 1.82) is 0 Å². The van der Waals surface area contributed by atoms with E-state index in [2.05, 4.69) is 111 Å². The lowest BCUT2D eigenvalue weighted by Gasteiger charge is -2.19. The van der Waals surface area contributed by atoms with Crippen LogP contribution in [0.3, 0.4) is 0 Å². The van der Waals surface area contributed by atoms with Crippen LogP contribution in [0.2, 0.25) is 0 Å². The van der Waals surface area contributed by atoms with Crippen LogP contribution < -0.4 is 0 Å². The summed E-state index contributed by atoms with van der Waals surface area (Å²) in [6.45, 7) is 14.4. The van der Waals surface area contributed by atoms with Crippen LogP contribution in [0.5, 0.6) is 0 Å². The van der Waals surface area contributed by atoms with Crippen LogP contribution in [-0.4, -0.2) is 23.5 Å². The van der Waals surface area contributed by atoms with Crippen molar-refractivity contribution in [2.24, 2.45) is 7.05 Å². The monoisotopic (exact) mass is 463 g/mol. The Morgan fingerprint density at radius 3 is 2.14 bits per heavy atom. The number of fused-ring (bicyclic) bond motifs is 6. The molecule has 5 heteroatoms. The van der Waals surface area contributed by atoms with Gasteiger partial charge in [0.15, 0.2) is 0 Å². The molecule has 3 aromatic heterocycles. The van der Waals surface area contributed by atoms with Crippen LogP contribution in [0.4, 0.5) is 0 Å². The summed E-state index contributed by atoms with van der Waals surface area (Å²) in [4.78, 5) is 10.3. The number of imidazole rings is 3. The van der Waals surface area contributed by atoms with Crippen LogP contribution in [-0.2, 0) is 13.6 Å². The summed E-state index contributed by atoms with van der Waals surface area (Å²) in [6, 6.07) is 17.4. The van der Waals surface area contributed by atoms with Gasteiger partial charge in [-0.2, -0.15) is 0 Å². The van der Waals surface area contributed by atoms with Crippen molar-refractivity contribution in [1.82, 2.24) is 23.5 Å². The van der Waals surface area contributed by atoms with Crippen LogP contribution in [0.15, 0.2) is 48.5 Å². The molecule has 6 aromatic rings. The van der Waals surface area contributed by atoms with Crippen molar-refractivity contribution < 1.29 is 0 Å². The summed E-state index contributed by atoms with van der Waals surface area (Å²) in [5.41, 5.74) is 12.1. The molecule has 0 unspecified atom stereocenters. The average molecular weight is 464 g/mol. The molecule has 0 amide bonds. The Labute approximate surface area is 206 Å². The van der Waals surface area contributed by atoms with E-state index >= 15 is 0 Å². The summed E-state index contributed by atoms with van der Waals surface area (Å²) in [7, 11) is 2.17. The molecule has 3 aromatic carbocycles. The molecule has 0 spiro atoms. The molecule has 0 radical (unpaired) electrons. The number of hydrogen-bond acceptors (Lipinski definition) is 2. The number of aromatic nitrogens is 5. The Bertz CT molecular complexity index is 1730. The van der Waals surface area contributed by atoms with Gasteiger partial charge in [-0.3, -0.25) is 4.40 Å². The Morgan fingerprint density at radius 1 is 0.800 bits per heavy atom. The molecule has 0 fully saturated rings. The van der Waals surface area contributed by atoms with E-state index in [-0.39, 0.29) is 0 Å². The zero-order chi connectivity index (χ0) is 24.6. The molecule has 5 nitrogen and oxygen atoms in total. The normalized spacial score (nSPS) is 12.5. The molecule has 178 valence electrons. The fourth-order valence-corrected chi connectivity index (χ4v) is 5.94. The largest absolute Gasteiger partial charge is 0.327 e. The zero-order valence-electron chi connectivity index (χ0n) is 21.7. The third-order valence-electron chi connectivity index (χ3n) is 7.56. The van der Waals surface area contributed by atoms with Crippen molar-refractivity contribution in [2.45, 2.75) is 59.9 Å². The molecule has 0 saturated carbocycles. The molecule has 0 saturated heterocycles. The van der Waals surface area contributed by atoms with Gasteiger partial charge in [0.25, 0.3) is 0 Å². The Kier molecular flexibility index (Phi) is 4.82. The SMILES string of the molecule is CCn1c2c(C)c3c(cc2n2c4ccccc4nc12)nc(-c1c(C(C)C)cccc1C(C)C)n3C. The van der Waals surface area contributed by atoms with Crippen LogP contribution in [0, 0.1) is 6.92 Å². The first kappa shape index (κ1) is 21.9. The van der Waals surface area contributed by atoms with E-state index in [0.29, 0.717) is 11.8 Å². The summed E-state index contributed by atoms with van der Waals surface area (Å²) in [6.07, 6.45) is 0. The quantitative estimate of drug-likeness (QED) is 0.270. The predicted molar refractivity (Wildman–Crippen MR) is 146 cm³/mol. The summed E-state index contributed by atoms with van der Waals surface area (Å²) < 4.78 is 6.96. The highest BCUT2D eigenvalue weighted by Crippen LogP contribution is 2.39. The third kappa shape index (κ3) is 2.94. The second kappa shape index (κ2) is 7.70. The van der Waals surface area contributed by atoms with E-state index in [0.717, 1.165) is 34.7 Å². The Balaban J connectivity index is 1.75. The van der Waals surface area contributed by atoms with Crippen molar-refractivity contribution in [3.63, 3.8) is 0 Å². The lowest BCUT2D eigenvalue weighted by atomic mass is 9.88. The van der Waals surface area contributed by atoms with E-state index in [9.17, 15) is 0 Å². The standard InChI is InChI=1S/C30H33N5/c1-8-34-28-19(6)27-23(16-25(28)35-24-15-10-9-14-22(24)32-30(34)35)31-29(33(27)7)26-20(17(2)3)12-11-13-21(26)18(4)5/h9-18H,8H2,1-7H3. The molecule has 0 N–H and O–H groups in total. The molecule has 0 aliphatic rings. The van der Waals surface area contributed by atoms with Crippen LogP contribution >= 0.6 is 0 Å². The smallest absolute Gasteiger partial charge is 0.215 e. The molecule has 35 heavy (non-hydrogen) atoms. The maximum absolute atomic E-state index is 5.31. The number of aryl methyl sites for hydroxylation is 3. The topological polar surface area (TPSA) is 40.1 Å². The summed E-state index contributed by atoms with van der Waals surface area (Å²) >= 11 is 0. The maximum atomic E-state index is 5.31. The first-order valence-corrected chi connectivity index (χ1v) is 12.7. The van der Waals surface area contributed by atoms with E-state index in [1.54, 1.807) is 0 Å². The summed E-state index contributed by atoms with van der Waals surface area (Å²) in [5, 5.41) is 0. The highest BCUT2D eigenvalue weighted by atomic mass is 15.2. The first-order valence-electron chi connectivity index (χ1n) is 12.7.